The van der Waals surface area contributed by atoms with Gasteiger partial charge in [-0.05, 0) is 119 Å². The predicted octanol–water partition coefficient (Wildman–Crippen LogP) is 13.6. The van der Waals surface area contributed by atoms with Crippen molar-refractivity contribution in [2.24, 2.45) is 0 Å². The van der Waals surface area contributed by atoms with Gasteiger partial charge in [-0.25, -0.2) is 0 Å². The van der Waals surface area contributed by atoms with Crippen LogP contribution in [0.2, 0.25) is 0 Å². The molecule has 6 rings (SSSR count). The highest BCUT2D eigenvalue weighted by Crippen LogP contribution is 2.46. The average molecular weight is 699 g/mol. The van der Waals surface area contributed by atoms with Gasteiger partial charge in [0.25, 0.3) is 8.38 Å². The average Bonchev–Trinajstić information content (AvgIpc) is 3.09. The zero-order valence-corrected chi connectivity index (χ0v) is 33.3. The van der Waals surface area contributed by atoms with Crippen LogP contribution in [0.25, 0.3) is 11.1 Å². The van der Waals surface area contributed by atoms with Crippen LogP contribution in [0, 0.1) is 62.3 Å². The monoisotopic (exact) mass is 698 g/mol. The van der Waals surface area contributed by atoms with E-state index in [1.165, 1.54) is 33.4 Å². The minimum Gasteiger partial charge on any atom is -0.496 e. The van der Waals surface area contributed by atoms with E-state index in [4.69, 9.17) is 13.8 Å². The van der Waals surface area contributed by atoms with E-state index in [2.05, 4.69) is 128 Å². The fraction of sp³-hybridized carbons (Fsp3) is 0.234. The standard InChI is InChI=1S/C25H29O3P.C8H10.2C7H8/c1-16-12-19(4)24(26-6)21(14-16)22-15-17(2)13-20(5)25(22)28-29(7)27-23-11-9-8-10-18(23)3;1-7-5-3-4-6-8(7)2;2*1-7-5-3-2-4-6-7/h8-15H,1-7H3;3-6H,1-2H3;2*2-6H,1H3. The molecule has 4 heteroatoms. The molecule has 0 saturated carbocycles. The third-order valence-corrected chi connectivity index (χ3v) is 9.07. The van der Waals surface area contributed by atoms with Gasteiger partial charge in [0.05, 0.1) is 7.11 Å². The zero-order chi connectivity index (χ0) is 37.3. The number of benzene rings is 6. The number of methoxy groups -OCH3 is 1. The van der Waals surface area contributed by atoms with Crippen LogP contribution in [0.4, 0.5) is 0 Å². The Labute approximate surface area is 309 Å². The summed E-state index contributed by atoms with van der Waals surface area (Å²) in [6.45, 7) is 20.8. The Morgan fingerprint density at radius 3 is 1.16 bits per heavy atom. The van der Waals surface area contributed by atoms with Crippen molar-refractivity contribution in [3.8, 4) is 28.4 Å². The number of hydrogen-bond acceptors (Lipinski definition) is 3. The fourth-order valence-corrected chi connectivity index (χ4v) is 6.40. The molecule has 1 unspecified atom stereocenters. The third kappa shape index (κ3) is 13.4. The predicted molar refractivity (Wildman–Crippen MR) is 221 cm³/mol. The molecule has 51 heavy (non-hydrogen) atoms. The van der Waals surface area contributed by atoms with Gasteiger partial charge in [0.15, 0.2) is 0 Å². The molecule has 0 aliphatic heterocycles. The molecule has 3 nitrogen and oxygen atoms in total. The van der Waals surface area contributed by atoms with Crippen molar-refractivity contribution in [1.82, 2.24) is 0 Å². The molecular weight excluding hydrogens is 643 g/mol. The first-order valence-electron chi connectivity index (χ1n) is 17.4. The zero-order valence-electron chi connectivity index (χ0n) is 32.4. The summed E-state index contributed by atoms with van der Waals surface area (Å²) >= 11 is 0. The van der Waals surface area contributed by atoms with Crippen LogP contribution in [-0.2, 0) is 0 Å². The van der Waals surface area contributed by atoms with Crippen LogP contribution in [0.1, 0.15) is 50.1 Å². The van der Waals surface area contributed by atoms with Gasteiger partial charge in [0.1, 0.15) is 17.2 Å². The Bertz CT molecular complexity index is 1880. The third-order valence-electron chi connectivity index (χ3n) is 8.18. The van der Waals surface area contributed by atoms with E-state index >= 15 is 0 Å². The van der Waals surface area contributed by atoms with Crippen LogP contribution in [-0.4, -0.2) is 13.8 Å². The van der Waals surface area contributed by atoms with E-state index in [0.717, 1.165) is 45.1 Å². The number of aryl methyl sites for hydroxylation is 9. The Hall–Kier alpha value is -4.85. The molecule has 266 valence electrons. The van der Waals surface area contributed by atoms with E-state index < -0.39 is 8.38 Å². The molecule has 6 aromatic carbocycles. The summed E-state index contributed by atoms with van der Waals surface area (Å²) in [5.74, 6) is 2.59. The molecule has 1 atom stereocenters. The van der Waals surface area contributed by atoms with Gasteiger partial charge in [-0.1, -0.05) is 126 Å². The maximum Gasteiger partial charge on any atom is 0.287 e. The number of hydrogen-bond donors (Lipinski definition) is 0. The maximum atomic E-state index is 6.41. The van der Waals surface area contributed by atoms with Gasteiger partial charge in [0, 0.05) is 17.8 Å². The summed E-state index contributed by atoms with van der Waals surface area (Å²) in [5, 5.41) is 0. The first-order valence-corrected chi connectivity index (χ1v) is 19.0. The maximum absolute atomic E-state index is 6.41. The van der Waals surface area contributed by atoms with Crippen LogP contribution in [0.5, 0.6) is 17.2 Å². The Morgan fingerprint density at radius 1 is 0.373 bits per heavy atom. The molecule has 0 amide bonds. The summed E-state index contributed by atoms with van der Waals surface area (Å²) < 4.78 is 18.3. The van der Waals surface area contributed by atoms with E-state index in [1.54, 1.807) is 7.11 Å². The highest BCUT2D eigenvalue weighted by Gasteiger charge is 2.20. The van der Waals surface area contributed by atoms with Gasteiger partial charge < -0.3 is 13.8 Å². The molecule has 0 aromatic heterocycles. The van der Waals surface area contributed by atoms with Crippen LogP contribution >= 0.6 is 8.38 Å². The van der Waals surface area contributed by atoms with Crippen molar-refractivity contribution in [2.45, 2.75) is 62.3 Å². The van der Waals surface area contributed by atoms with Gasteiger partial charge in [-0.3, -0.25) is 0 Å². The normalized spacial score (nSPS) is 10.6. The lowest BCUT2D eigenvalue weighted by Crippen LogP contribution is -2.00. The van der Waals surface area contributed by atoms with Crippen molar-refractivity contribution >= 4 is 8.38 Å². The van der Waals surface area contributed by atoms with E-state index in [1.807, 2.05) is 74.3 Å². The summed E-state index contributed by atoms with van der Waals surface area (Å²) in [6, 6.07) is 45.5. The molecule has 0 aliphatic carbocycles. The molecule has 0 spiro atoms. The van der Waals surface area contributed by atoms with Crippen molar-refractivity contribution in [1.29, 1.82) is 0 Å². The topological polar surface area (TPSA) is 27.7 Å². The highest BCUT2D eigenvalue weighted by atomic mass is 31.2. The van der Waals surface area contributed by atoms with Crippen molar-refractivity contribution in [2.75, 3.05) is 13.8 Å². The molecule has 0 heterocycles. The second kappa shape index (κ2) is 20.7. The molecule has 0 N–H and O–H groups in total. The first kappa shape index (κ1) is 40.6. The van der Waals surface area contributed by atoms with E-state index in [0.29, 0.717) is 0 Å². The van der Waals surface area contributed by atoms with Gasteiger partial charge in [0.2, 0.25) is 0 Å². The summed E-state index contributed by atoms with van der Waals surface area (Å²) in [7, 11) is 0.569. The summed E-state index contributed by atoms with van der Waals surface area (Å²) in [6.07, 6.45) is 0. The second-order valence-electron chi connectivity index (χ2n) is 12.9. The minimum absolute atomic E-state index is 0.848. The van der Waals surface area contributed by atoms with Gasteiger partial charge in [-0.15, -0.1) is 0 Å². The first-order chi connectivity index (χ1) is 24.4. The molecule has 6 aromatic rings. The largest absolute Gasteiger partial charge is 0.496 e. The van der Waals surface area contributed by atoms with Gasteiger partial charge in [-0.2, -0.15) is 0 Å². The van der Waals surface area contributed by atoms with Crippen molar-refractivity contribution in [3.63, 3.8) is 0 Å². The quantitative estimate of drug-likeness (QED) is 0.162. The number of para-hydroxylation sites is 1. The lowest BCUT2D eigenvalue weighted by Gasteiger charge is -2.22. The highest BCUT2D eigenvalue weighted by molar-refractivity contribution is 7.47. The lowest BCUT2D eigenvalue weighted by atomic mass is 9.95. The summed E-state index contributed by atoms with van der Waals surface area (Å²) in [5.41, 5.74) is 13.1. The molecule has 0 radical (unpaired) electrons. The van der Waals surface area contributed by atoms with Crippen molar-refractivity contribution < 1.29 is 13.8 Å². The smallest absolute Gasteiger partial charge is 0.287 e. The SMILES string of the molecule is COc1c(C)cc(C)cc1-c1cc(C)cc(C)c1OP(C)Oc1ccccc1C.Cc1ccccc1.Cc1ccccc1.Cc1ccccc1C. The Balaban J connectivity index is 0.000000254. The van der Waals surface area contributed by atoms with Crippen LogP contribution in [0.3, 0.4) is 0 Å². The Morgan fingerprint density at radius 2 is 0.765 bits per heavy atom. The molecular formula is C47H55O3P. The van der Waals surface area contributed by atoms with Crippen LogP contribution in [0.15, 0.2) is 133 Å². The molecule has 0 fully saturated rings. The number of rotatable bonds is 6. The van der Waals surface area contributed by atoms with Crippen LogP contribution < -0.4 is 13.8 Å². The molecule has 0 aliphatic rings. The lowest BCUT2D eigenvalue weighted by molar-refractivity contribution is 0.413. The fourth-order valence-electron chi connectivity index (χ4n) is 5.38. The number of ether oxygens (including phenoxy) is 1. The molecule has 0 saturated heterocycles. The Kier molecular flexibility index (Phi) is 16.5. The molecule has 0 bridgehead atoms. The second-order valence-corrected chi connectivity index (χ2v) is 14.1. The minimum atomic E-state index is -1.15. The summed E-state index contributed by atoms with van der Waals surface area (Å²) in [4.78, 5) is 0. The van der Waals surface area contributed by atoms with Crippen molar-refractivity contribution in [3.05, 3.63) is 184 Å². The van der Waals surface area contributed by atoms with E-state index in [-0.39, 0.29) is 0 Å². The van der Waals surface area contributed by atoms with E-state index in [9.17, 15) is 0 Å². The van der Waals surface area contributed by atoms with Gasteiger partial charge >= 0.3 is 0 Å².